The van der Waals surface area contributed by atoms with Gasteiger partial charge in [0.25, 0.3) is 0 Å². The van der Waals surface area contributed by atoms with Crippen LogP contribution in [0.15, 0.2) is 18.2 Å². The molecule has 2 fully saturated rings. The van der Waals surface area contributed by atoms with Crippen LogP contribution in [0.5, 0.6) is 5.75 Å². The second kappa shape index (κ2) is 5.78. The SMILES string of the molecule is CC(C)(C)S(=O)(=O)N1CC(Nc2ccc(Cl)cc2O)CC12CCC2. The number of rotatable bonds is 3. The van der Waals surface area contributed by atoms with Crippen LogP contribution in [0.1, 0.15) is 46.5 Å². The van der Waals surface area contributed by atoms with Crippen molar-refractivity contribution in [2.24, 2.45) is 0 Å². The van der Waals surface area contributed by atoms with Gasteiger partial charge in [-0.15, -0.1) is 0 Å². The molecule has 134 valence electrons. The zero-order valence-corrected chi connectivity index (χ0v) is 15.9. The van der Waals surface area contributed by atoms with Crippen LogP contribution in [0.4, 0.5) is 5.69 Å². The molecule has 5 nitrogen and oxygen atoms in total. The Morgan fingerprint density at radius 3 is 2.50 bits per heavy atom. The summed E-state index contributed by atoms with van der Waals surface area (Å²) in [6, 6.07) is 4.91. The highest BCUT2D eigenvalue weighted by atomic mass is 35.5. The van der Waals surface area contributed by atoms with Crippen molar-refractivity contribution in [1.29, 1.82) is 0 Å². The predicted octanol–water partition coefficient (Wildman–Crippen LogP) is 3.58. The Bertz CT molecular complexity index is 739. The third-order valence-electron chi connectivity index (χ3n) is 5.21. The second-order valence-electron chi connectivity index (χ2n) is 7.93. The average Bonchev–Trinajstić information content (AvgIpc) is 2.81. The van der Waals surface area contributed by atoms with Crippen molar-refractivity contribution in [3.8, 4) is 5.75 Å². The van der Waals surface area contributed by atoms with E-state index in [1.807, 2.05) is 0 Å². The number of nitrogens with zero attached hydrogens (tertiary/aromatic N) is 1. The summed E-state index contributed by atoms with van der Waals surface area (Å²) in [6.07, 6.45) is 3.65. The number of anilines is 1. The molecule has 0 bridgehead atoms. The van der Waals surface area contributed by atoms with Gasteiger partial charge in [0.2, 0.25) is 10.0 Å². The Hall–Kier alpha value is -0.980. The van der Waals surface area contributed by atoms with Crippen LogP contribution in [0.2, 0.25) is 5.02 Å². The number of hydrogen-bond donors (Lipinski definition) is 2. The summed E-state index contributed by atoms with van der Waals surface area (Å²) in [5.74, 6) is 0.0855. The van der Waals surface area contributed by atoms with E-state index in [4.69, 9.17) is 11.6 Å². The van der Waals surface area contributed by atoms with Crippen LogP contribution in [-0.4, -0.2) is 40.7 Å². The Labute approximate surface area is 149 Å². The Kier molecular flexibility index (Phi) is 4.30. The zero-order valence-electron chi connectivity index (χ0n) is 14.3. The summed E-state index contributed by atoms with van der Waals surface area (Å²) in [6.45, 7) is 5.68. The first-order chi connectivity index (χ1) is 11.1. The molecule has 0 amide bonds. The molecule has 1 saturated carbocycles. The van der Waals surface area contributed by atoms with Crippen LogP contribution in [0, 0.1) is 0 Å². The van der Waals surface area contributed by atoms with Gasteiger partial charge in [-0.05, 0) is 58.6 Å². The van der Waals surface area contributed by atoms with Gasteiger partial charge in [-0.3, -0.25) is 0 Å². The number of hydrogen-bond acceptors (Lipinski definition) is 4. The van der Waals surface area contributed by atoms with Crippen molar-refractivity contribution in [2.75, 3.05) is 11.9 Å². The number of nitrogens with one attached hydrogen (secondary N) is 1. The highest BCUT2D eigenvalue weighted by molar-refractivity contribution is 7.90. The summed E-state index contributed by atoms with van der Waals surface area (Å²) in [5.41, 5.74) is 0.333. The first-order valence-corrected chi connectivity index (χ1v) is 10.1. The van der Waals surface area contributed by atoms with Gasteiger partial charge in [0, 0.05) is 29.2 Å². The van der Waals surface area contributed by atoms with E-state index in [9.17, 15) is 13.5 Å². The Balaban J connectivity index is 1.84. The third kappa shape index (κ3) is 2.89. The van der Waals surface area contributed by atoms with E-state index < -0.39 is 14.8 Å². The smallest absolute Gasteiger partial charge is 0.219 e. The first kappa shape index (κ1) is 17.8. The van der Waals surface area contributed by atoms with Crippen LogP contribution in [0.3, 0.4) is 0 Å². The minimum atomic E-state index is -3.38. The molecule has 1 aliphatic heterocycles. The summed E-state index contributed by atoms with van der Waals surface area (Å²) in [5, 5.41) is 13.8. The molecule has 1 aliphatic carbocycles. The summed E-state index contributed by atoms with van der Waals surface area (Å²) >= 11 is 5.87. The van der Waals surface area contributed by atoms with Crippen LogP contribution >= 0.6 is 11.6 Å². The topological polar surface area (TPSA) is 69.6 Å². The fourth-order valence-corrected chi connectivity index (χ4v) is 5.66. The second-order valence-corrected chi connectivity index (χ2v) is 11.0. The molecule has 0 aromatic heterocycles. The highest BCUT2D eigenvalue weighted by Crippen LogP contribution is 2.49. The van der Waals surface area contributed by atoms with Crippen molar-refractivity contribution in [3.05, 3.63) is 23.2 Å². The molecule has 1 aromatic carbocycles. The predicted molar refractivity (Wildman–Crippen MR) is 97.1 cm³/mol. The molecule has 1 atom stereocenters. The molecule has 1 unspecified atom stereocenters. The van der Waals surface area contributed by atoms with E-state index in [0.717, 1.165) is 25.7 Å². The lowest BCUT2D eigenvalue weighted by Gasteiger charge is -2.46. The van der Waals surface area contributed by atoms with Gasteiger partial charge in [0.15, 0.2) is 0 Å². The van der Waals surface area contributed by atoms with E-state index in [1.165, 1.54) is 6.07 Å². The molecule has 3 rings (SSSR count). The van der Waals surface area contributed by atoms with Crippen molar-refractivity contribution >= 4 is 27.3 Å². The van der Waals surface area contributed by atoms with Crippen molar-refractivity contribution < 1.29 is 13.5 Å². The molecular weight excluding hydrogens is 348 g/mol. The maximum absolute atomic E-state index is 13.0. The summed E-state index contributed by atoms with van der Waals surface area (Å²) < 4.78 is 26.9. The van der Waals surface area contributed by atoms with E-state index in [0.29, 0.717) is 17.3 Å². The highest BCUT2D eigenvalue weighted by Gasteiger charge is 2.56. The number of halogens is 1. The van der Waals surface area contributed by atoms with E-state index in [-0.39, 0.29) is 17.3 Å². The van der Waals surface area contributed by atoms with Crippen LogP contribution in [-0.2, 0) is 10.0 Å². The number of sulfonamides is 1. The Morgan fingerprint density at radius 2 is 2.00 bits per heavy atom. The van der Waals surface area contributed by atoms with Gasteiger partial charge < -0.3 is 10.4 Å². The molecule has 24 heavy (non-hydrogen) atoms. The van der Waals surface area contributed by atoms with Gasteiger partial charge in [-0.25, -0.2) is 8.42 Å². The molecule has 0 radical (unpaired) electrons. The third-order valence-corrected chi connectivity index (χ3v) is 8.11. The van der Waals surface area contributed by atoms with E-state index >= 15 is 0 Å². The molecule has 1 saturated heterocycles. The Morgan fingerprint density at radius 1 is 1.33 bits per heavy atom. The number of phenolic OH excluding ortho intramolecular Hbond substituents is 1. The van der Waals surface area contributed by atoms with Gasteiger partial charge in [0.05, 0.1) is 10.4 Å². The number of aromatic hydroxyl groups is 1. The van der Waals surface area contributed by atoms with Gasteiger partial charge in [-0.1, -0.05) is 11.6 Å². The van der Waals surface area contributed by atoms with E-state index in [2.05, 4.69) is 5.32 Å². The molecular formula is C17H25ClN2O3S. The lowest BCUT2D eigenvalue weighted by Crippen LogP contribution is -2.56. The monoisotopic (exact) mass is 372 g/mol. The van der Waals surface area contributed by atoms with E-state index in [1.54, 1.807) is 37.2 Å². The summed E-state index contributed by atoms with van der Waals surface area (Å²) in [4.78, 5) is 0. The minimum Gasteiger partial charge on any atom is -0.506 e. The van der Waals surface area contributed by atoms with Crippen molar-refractivity contribution in [3.63, 3.8) is 0 Å². The molecule has 1 aromatic rings. The zero-order chi connectivity index (χ0) is 17.8. The molecule has 1 spiro atoms. The lowest BCUT2D eigenvalue weighted by atomic mass is 9.75. The maximum atomic E-state index is 13.0. The number of benzene rings is 1. The fourth-order valence-electron chi connectivity index (χ4n) is 3.68. The van der Waals surface area contributed by atoms with Crippen molar-refractivity contribution in [2.45, 2.75) is 62.8 Å². The van der Waals surface area contributed by atoms with Gasteiger partial charge >= 0.3 is 0 Å². The van der Waals surface area contributed by atoms with Crippen LogP contribution in [0.25, 0.3) is 0 Å². The molecule has 7 heteroatoms. The molecule has 2 aliphatic rings. The largest absolute Gasteiger partial charge is 0.506 e. The van der Waals surface area contributed by atoms with Crippen molar-refractivity contribution in [1.82, 2.24) is 4.31 Å². The molecule has 1 heterocycles. The van der Waals surface area contributed by atoms with Crippen LogP contribution < -0.4 is 5.32 Å². The quantitative estimate of drug-likeness (QED) is 0.795. The number of phenols is 1. The molecule has 2 N–H and O–H groups in total. The first-order valence-electron chi connectivity index (χ1n) is 8.33. The minimum absolute atomic E-state index is 0.0190. The normalized spacial score (nSPS) is 24.1. The average molecular weight is 373 g/mol. The standard InChI is InChI=1S/C17H25ClN2O3S/c1-16(2,3)24(22,23)20-11-13(10-17(20)7-4-8-17)19-14-6-5-12(18)9-15(14)21/h5-6,9,13,19,21H,4,7-8,10-11H2,1-3H3. The maximum Gasteiger partial charge on any atom is 0.219 e. The van der Waals surface area contributed by atoms with Gasteiger partial charge in [-0.2, -0.15) is 4.31 Å². The fraction of sp³-hybridized carbons (Fsp3) is 0.647. The summed E-state index contributed by atoms with van der Waals surface area (Å²) in [7, 11) is -3.38. The lowest BCUT2D eigenvalue weighted by molar-refractivity contribution is 0.125. The van der Waals surface area contributed by atoms with Gasteiger partial charge in [0.1, 0.15) is 5.75 Å².